The highest BCUT2D eigenvalue weighted by Gasteiger charge is 2.12. The smallest absolute Gasteiger partial charge is 0.379 e. The first-order valence-corrected chi connectivity index (χ1v) is 4.84. The summed E-state index contributed by atoms with van der Waals surface area (Å²) in [7, 11) is 1.65. The summed E-state index contributed by atoms with van der Waals surface area (Å²) in [5.74, 6) is -1.12. The number of benzene rings is 1. The minimum Gasteiger partial charge on any atom is -0.388 e. The maximum atomic E-state index is 11.7. The van der Waals surface area contributed by atoms with Crippen LogP contribution in [-0.2, 0) is 11.4 Å². The van der Waals surface area contributed by atoms with Gasteiger partial charge in [0.1, 0.15) is 0 Å². The van der Waals surface area contributed by atoms with Gasteiger partial charge in [-0.1, -0.05) is 0 Å². The maximum Gasteiger partial charge on any atom is 0.379 e. The van der Waals surface area contributed by atoms with Crippen LogP contribution < -0.4 is 5.32 Å². The van der Waals surface area contributed by atoms with Crippen LogP contribution in [0.25, 0.3) is 0 Å². The van der Waals surface area contributed by atoms with Gasteiger partial charge in [-0.25, -0.2) is 9.74 Å². The Morgan fingerprint density at radius 1 is 1.59 bits per heavy atom. The molecule has 0 aliphatic rings. The van der Waals surface area contributed by atoms with Gasteiger partial charge in [-0.2, -0.15) is 0 Å². The number of halogens is 1. The number of anilines is 1. The van der Waals surface area contributed by atoms with Gasteiger partial charge in [0.2, 0.25) is 6.54 Å². The van der Waals surface area contributed by atoms with E-state index >= 15 is 0 Å². The first kappa shape index (κ1) is 12.9. The van der Waals surface area contributed by atoms with E-state index in [9.17, 15) is 19.4 Å². The lowest BCUT2D eigenvalue weighted by atomic mass is 10.1. The van der Waals surface area contributed by atoms with E-state index in [0.29, 0.717) is 11.3 Å². The lowest BCUT2D eigenvalue weighted by Gasteiger charge is -2.08. The third-order valence-electron chi connectivity index (χ3n) is 2.24. The van der Waals surface area contributed by atoms with Crippen LogP contribution in [0.1, 0.15) is 15.9 Å². The van der Waals surface area contributed by atoms with Crippen molar-refractivity contribution in [1.82, 2.24) is 0 Å². The van der Waals surface area contributed by atoms with E-state index in [-0.39, 0.29) is 18.5 Å². The molecule has 17 heavy (non-hydrogen) atoms. The van der Waals surface area contributed by atoms with E-state index in [0.717, 1.165) is 0 Å². The van der Waals surface area contributed by atoms with Crippen LogP contribution in [0.2, 0.25) is 0 Å². The van der Waals surface area contributed by atoms with Crippen LogP contribution >= 0.6 is 0 Å². The SMILES string of the molecule is CNc1ccc(C(=O)OF)cc1CC[N+](=O)[O-]. The van der Waals surface area contributed by atoms with Gasteiger partial charge in [0, 0.05) is 28.6 Å². The molecule has 1 rings (SSSR count). The fraction of sp³-hybridized carbons (Fsp3) is 0.300. The van der Waals surface area contributed by atoms with Gasteiger partial charge >= 0.3 is 5.97 Å². The molecule has 92 valence electrons. The minimum atomic E-state index is -1.12. The molecule has 0 aliphatic heterocycles. The molecule has 1 aromatic rings. The van der Waals surface area contributed by atoms with Gasteiger partial charge in [-0.15, -0.1) is 0 Å². The van der Waals surface area contributed by atoms with E-state index in [1.165, 1.54) is 12.1 Å². The van der Waals surface area contributed by atoms with Gasteiger partial charge < -0.3 is 5.32 Å². The van der Waals surface area contributed by atoms with Crippen molar-refractivity contribution in [3.63, 3.8) is 0 Å². The summed E-state index contributed by atoms with van der Waals surface area (Å²) < 4.78 is 11.7. The number of hydrogen-bond acceptors (Lipinski definition) is 5. The Labute approximate surface area is 96.4 Å². The van der Waals surface area contributed by atoms with E-state index < -0.39 is 10.9 Å². The summed E-state index contributed by atoms with van der Waals surface area (Å²) >= 11 is 0. The summed E-state index contributed by atoms with van der Waals surface area (Å²) in [6, 6.07) is 4.29. The third kappa shape index (κ3) is 3.40. The lowest BCUT2D eigenvalue weighted by Crippen LogP contribution is -2.08. The molecule has 0 spiro atoms. The summed E-state index contributed by atoms with van der Waals surface area (Å²) in [5, 5.41) is 13.1. The topological polar surface area (TPSA) is 81.5 Å². The number of nitrogens with one attached hydrogen (secondary N) is 1. The van der Waals surface area contributed by atoms with E-state index in [4.69, 9.17) is 0 Å². The quantitative estimate of drug-likeness (QED) is 0.626. The number of carbonyl (C=O) groups excluding carboxylic acids is 1. The number of hydrogen-bond donors (Lipinski definition) is 1. The number of nitro groups is 1. The molecule has 0 aliphatic carbocycles. The van der Waals surface area contributed by atoms with Crippen LogP contribution in [0.3, 0.4) is 0 Å². The molecule has 6 nitrogen and oxygen atoms in total. The average Bonchev–Trinajstić information content (AvgIpc) is 2.34. The van der Waals surface area contributed by atoms with E-state index in [2.05, 4.69) is 10.3 Å². The zero-order valence-corrected chi connectivity index (χ0v) is 9.10. The van der Waals surface area contributed by atoms with Crippen molar-refractivity contribution < 1.29 is 19.2 Å². The van der Waals surface area contributed by atoms with Crippen molar-refractivity contribution in [3.8, 4) is 0 Å². The Bertz CT molecular complexity index is 436. The lowest BCUT2D eigenvalue weighted by molar-refractivity contribution is -0.479. The predicted molar refractivity (Wildman–Crippen MR) is 58.1 cm³/mol. The second-order valence-corrected chi connectivity index (χ2v) is 3.29. The predicted octanol–water partition coefficient (Wildman–Crippen LogP) is 1.59. The molecule has 0 bridgehead atoms. The molecule has 0 aromatic heterocycles. The van der Waals surface area contributed by atoms with Crippen molar-refractivity contribution in [3.05, 3.63) is 39.4 Å². The molecule has 7 heteroatoms. The zero-order chi connectivity index (χ0) is 12.8. The van der Waals surface area contributed by atoms with E-state index in [1.54, 1.807) is 13.1 Å². The van der Waals surface area contributed by atoms with Gasteiger partial charge in [0.15, 0.2) is 0 Å². The highest BCUT2D eigenvalue weighted by Crippen LogP contribution is 2.18. The van der Waals surface area contributed by atoms with E-state index in [1.807, 2.05) is 0 Å². The molecule has 0 unspecified atom stereocenters. The first-order chi connectivity index (χ1) is 8.08. The maximum absolute atomic E-state index is 11.7. The fourth-order valence-electron chi connectivity index (χ4n) is 1.43. The number of nitrogens with zero attached hydrogens (tertiary/aromatic N) is 1. The van der Waals surface area contributed by atoms with Gasteiger partial charge in [0.05, 0.1) is 5.56 Å². The molecule has 0 radical (unpaired) electrons. The third-order valence-corrected chi connectivity index (χ3v) is 2.24. The highest BCUT2D eigenvalue weighted by molar-refractivity contribution is 5.89. The molecule has 0 saturated heterocycles. The van der Waals surface area contributed by atoms with Crippen LogP contribution in [0.15, 0.2) is 18.2 Å². The Morgan fingerprint density at radius 3 is 2.82 bits per heavy atom. The molecule has 1 N–H and O–H groups in total. The van der Waals surface area contributed by atoms with Crippen molar-refractivity contribution >= 4 is 11.7 Å². The molecule has 1 aromatic carbocycles. The molecular weight excluding hydrogens is 231 g/mol. The van der Waals surface area contributed by atoms with Crippen LogP contribution in [-0.4, -0.2) is 24.5 Å². The average molecular weight is 242 g/mol. The Balaban J connectivity index is 2.97. The number of rotatable bonds is 5. The molecule has 0 fully saturated rings. The van der Waals surface area contributed by atoms with Gasteiger partial charge in [0.25, 0.3) is 0 Å². The van der Waals surface area contributed by atoms with Crippen molar-refractivity contribution in [2.75, 3.05) is 18.9 Å². The molecule has 0 atom stereocenters. The molecule has 0 saturated carbocycles. The van der Waals surface area contributed by atoms with Crippen molar-refractivity contribution in [2.45, 2.75) is 6.42 Å². The number of carbonyl (C=O) groups is 1. The largest absolute Gasteiger partial charge is 0.388 e. The van der Waals surface area contributed by atoms with Crippen LogP contribution in [0.4, 0.5) is 10.2 Å². The zero-order valence-electron chi connectivity index (χ0n) is 9.10. The summed E-state index contributed by atoms with van der Waals surface area (Å²) in [6.07, 6.45) is 0.149. The molecule has 0 amide bonds. The second kappa shape index (κ2) is 5.78. The Hall–Kier alpha value is -2.18. The normalized spacial score (nSPS) is 9.76. The van der Waals surface area contributed by atoms with Gasteiger partial charge in [-0.05, 0) is 23.8 Å². The molecular formula is C10H11FN2O4. The monoisotopic (exact) mass is 242 g/mol. The second-order valence-electron chi connectivity index (χ2n) is 3.29. The van der Waals surface area contributed by atoms with Crippen LogP contribution in [0.5, 0.6) is 0 Å². The van der Waals surface area contributed by atoms with Gasteiger partial charge in [-0.3, -0.25) is 10.1 Å². The Kier molecular flexibility index (Phi) is 4.38. The fourth-order valence-corrected chi connectivity index (χ4v) is 1.43. The Morgan fingerprint density at radius 2 is 2.29 bits per heavy atom. The summed E-state index contributed by atoms with van der Waals surface area (Å²) in [4.78, 5) is 23.9. The standard InChI is InChI=1S/C10H11FN2O4/c1-12-9-3-2-8(10(14)17-11)6-7(9)4-5-13(15)16/h2-3,6,12H,4-5H2,1H3. The summed E-state index contributed by atoms with van der Waals surface area (Å²) in [6.45, 7) is -0.261. The minimum absolute atomic E-state index is 0.0184. The van der Waals surface area contributed by atoms with Crippen LogP contribution in [0, 0.1) is 10.1 Å². The molecule has 0 heterocycles. The van der Waals surface area contributed by atoms with Crippen molar-refractivity contribution in [2.24, 2.45) is 0 Å². The first-order valence-electron chi connectivity index (χ1n) is 4.84. The summed E-state index contributed by atoms with van der Waals surface area (Å²) in [5.41, 5.74) is 1.24. The van der Waals surface area contributed by atoms with Crippen molar-refractivity contribution in [1.29, 1.82) is 0 Å². The highest BCUT2D eigenvalue weighted by atomic mass is 19.3.